The second-order valence-corrected chi connectivity index (χ2v) is 6.46. The summed E-state index contributed by atoms with van der Waals surface area (Å²) in [4.78, 5) is 0. The molecule has 0 radical (unpaired) electrons. The van der Waals surface area contributed by atoms with Crippen molar-refractivity contribution in [3.05, 3.63) is 0 Å². The Bertz CT molecular complexity index is 215. The van der Waals surface area contributed by atoms with Gasteiger partial charge in [-0.25, -0.2) is 0 Å². The summed E-state index contributed by atoms with van der Waals surface area (Å²) in [6, 6.07) is 0.750. The highest BCUT2D eigenvalue weighted by Gasteiger charge is 2.26. The molecule has 18 heavy (non-hydrogen) atoms. The zero-order valence-corrected chi connectivity index (χ0v) is 12.9. The van der Waals surface area contributed by atoms with Crippen LogP contribution in [-0.2, 0) is 4.74 Å². The number of hydrogen-bond acceptors (Lipinski definition) is 2. The SMILES string of the molecule is CCCNC1CCCCCC1CCC(C)(C)OC. The Hall–Kier alpha value is -0.0800. The minimum atomic E-state index is 0.0433. The Morgan fingerprint density at radius 3 is 2.56 bits per heavy atom. The molecule has 1 N–H and O–H groups in total. The first kappa shape index (κ1) is 16.0. The zero-order valence-electron chi connectivity index (χ0n) is 12.9. The molecule has 1 fully saturated rings. The Labute approximate surface area is 114 Å². The van der Waals surface area contributed by atoms with Gasteiger partial charge in [-0.1, -0.05) is 26.2 Å². The smallest absolute Gasteiger partial charge is 0.0622 e. The van der Waals surface area contributed by atoms with Gasteiger partial charge in [0.15, 0.2) is 0 Å². The molecule has 2 atom stereocenters. The highest BCUT2D eigenvalue weighted by Crippen LogP contribution is 2.30. The summed E-state index contributed by atoms with van der Waals surface area (Å²) in [7, 11) is 1.83. The minimum Gasteiger partial charge on any atom is -0.379 e. The first-order chi connectivity index (χ1) is 8.59. The minimum absolute atomic E-state index is 0.0433. The molecule has 0 amide bonds. The van der Waals surface area contributed by atoms with Gasteiger partial charge in [-0.15, -0.1) is 0 Å². The molecule has 1 rings (SSSR count). The molecule has 0 bridgehead atoms. The van der Waals surface area contributed by atoms with Gasteiger partial charge in [-0.05, 0) is 58.4 Å². The number of methoxy groups -OCH3 is 1. The molecule has 2 heteroatoms. The van der Waals surface area contributed by atoms with Crippen LogP contribution >= 0.6 is 0 Å². The van der Waals surface area contributed by atoms with Crippen molar-refractivity contribution in [2.24, 2.45) is 5.92 Å². The summed E-state index contributed by atoms with van der Waals surface area (Å²) in [5.74, 6) is 0.855. The quantitative estimate of drug-likeness (QED) is 0.690. The summed E-state index contributed by atoms with van der Waals surface area (Å²) in [5.41, 5.74) is 0.0433. The van der Waals surface area contributed by atoms with Crippen molar-refractivity contribution in [2.45, 2.75) is 83.8 Å². The number of nitrogens with one attached hydrogen (secondary N) is 1. The Morgan fingerprint density at radius 2 is 1.89 bits per heavy atom. The molecule has 108 valence electrons. The van der Waals surface area contributed by atoms with Crippen LogP contribution in [-0.4, -0.2) is 25.3 Å². The Balaban J connectivity index is 2.45. The normalized spacial score (nSPS) is 26.0. The average molecular weight is 255 g/mol. The third-order valence-electron chi connectivity index (χ3n) is 4.49. The van der Waals surface area contributed by atoms with Gasteiger partial charge in [0.25, 0.3) is 0 Å². The van der Waals surface area contributed by atoms with E-state index < -0.39 is 0 Å². The van der Waals surface area contributed by atoms with Crippen molar-refractivity contribution in [3.63, 3.8) is 0 Å². The third kappa shape index (κ3) is 5.71. The lowest BCUT2D eigenvalue weighted by Gasteiger charge is -2.30. The van der Waals surface area contributed by atoms with Crippen molar-refractivity contribution >= 4 is 0 Å². The summed E-state index contributed by atoms with van der Waals surface area (Å²) in [6.07, 6.45) is 10.8. The standard InChI is InChI=1S/C16H33NO/c1-5-13-17-15-10-8-6-7-9-14(15)11-12-16(2,3)18-4/h14-15,17H,5-13H2,1-4H3. The average Bonchev–Trinajstić information content (AvgIpc) is 2.59. The number of ether oxygens (including phenoxy) is 1. The van der Waals surface area contributed by atoms with Crippen LogP contribution in [0.2, 0.25) is 0 Å². The molecule has 0 aromatic carbocycles. The molecule has 0 aromatic heterocycles. The maximum absolute atomic E-state index is 5.56. The van der Waals surface area contributed by atoms with Crippen LogP contribution in [0.5, 0.6) is 0 Å². The number of rotatable bonds is 7. The van der Waals surface area contributed by atoms with E-state index in [-0.39, 0.29) is 5.60 Å². The van der Waals surface area contributed by atoms with Gasteiger partial charge in [-0.2, -0.15) is 0 Å². The topological polar surface area (TPSA) is 21.3 Å². The van der Waals surface area contributed by atoms with Crippen LogP contribution in [0.25, 0.3) is 0 Å². The van der Waals surface area contributed by atoms with Gasteiger partial charge in [0, 0.05) is 13.2 Å². The molecule has 0 heterocycles. The van der Waals surface area contributed by atoms with Gasteiger partial charge in [0.05, 0.1) is 5.60 Å². The van der Waals surface area contributed by atoms with Crippen molar-refractivity contribution in [1.29, 1.82) is 0 Å². The lowest BCUT2D eigenvalue weighted by Crippen LogP contribution is -2.37. The first-order valence-corrected chi connectivity index (χ1v) is 7.87. The van der Waals surface area contributed by atoms with E-state index in [2.05, 4.69) is 26.1 Å². The zero-order chi connectivity index (χ0) is 13.4. The van der Waals surface area contributed by atoms with E-state index in [4.69, 9.17) is 4.74 Å². The van der Waals surface area contributed by atoms with E-state index in [0.29, 0.717) is 0 Å². The Kier molecular flexibility index (Phi) is 7.25. The lowest BCUT2D eigenvalue weighted by molar-refractivity contribution is 0.00875. The molecular formula is C16H33NO. The lowest BCUT2D eigenvalue weighted by atomic mass is 9.86. The molecule has 2 unspecified atom stereocenters. The van der Waals surface area contributed by atoms with E-state index in [1.165, 1.54) is 57.9 Å². The molecule has 1 saturated carbocycles. The second-order valence-electron chi connectivity index (χ2n) is 6.46. The van der Waals surface area contributed by atoms with Gasteiger partial charge >= 0.3 is 0 Å². The van der Waals surface area contributed by atoms with Crippen LogP contribution in [0.3, 0.4) is 0 Å². The van der Waals surface area contributed by atoms with Crippen LogP contribution < -0.4 is 5.32 Å². The predicted octanol–water partition coefficient (Wildman–Crippen LogP) is 4.14. The summed E-state index contributed by atoms with van der Waals surface area (Å²) in [6.45, 7) is 7.85. The predicted molar refractivity (Wildman–Crippen MR) is 79.0 cm³/mol. The largest absolute Gasteiger partial charge is 0.379 e. The molecule has 1 aliphatic carbocycles. The fourth-order valence-corrected chi connectivity index (χ4v) is 2.96. The molecule has 0 aliphatic heterocycles. The number of hydrogen-bond donors (Lipinski definition) is 1. The maximum Gasteiger partial charge on any atom is 0.0622 e. The molecule has 0 saturated heterocycles. The van der Waals surface area contributed by atoms with Crippen molar-refractivity contribution in [2.75, 3.05) is 13.7 Å². The van der Waals surface area contributed by atoms with Gasteiger partial charge in [0.1, 0.15) is 0 Å². The van der Waals surface area contributed by atoms with Crippen molar-refractivity contribution in [3.8, 4) is 0 Å². The highest BCUT2D eigenvalue weighted by molar-refractivity contribution is 4.81. The van der Waals surface area contributed by atoms with Crippen molar-refractivity contribution in [1.82, 2.24) is 5.32 Å². The van der Waals surface area contributed by atoms with Crippen LogP contribution in [0.15, 0.2) is 0 Å². The van der Waals surface area contributed by atoms with Gasteiger partial charge < -0.3 is 10.1 Å². The molecule has 2 nitrogen and oxygen atoms in total. The fraction of sp³-hybridized carbons (Fsp3) is 1.00. The monoisotopic (exact) mass is 255 g/mol. The molecule has 0 spiro atoms. The van der Waals surface area contributed by atoms with Gasteiger partial charge in [0.2, 0.25) is 0 Å². The third-order valence-corrected chi connectivity index (χ3v) is 4.49. The second kappa shape index (κ2) is 8.16. The van der Waals surface area contributed by atoms with Crippen LogP contribution in [0.4, 0.5) is 0 Å². The Morgan fingerprint density at radius 1 is 1.17 bits per heavy atom. The summed E-state index contributed by atoms with van der Waals surface area (Å²) in [5, 5.41) is 3.77. The maximum atomic E-state index is 5.56. The van der Waals surface area contributed by atoms with Gasteiger partial charge in [-0.3, -0.25) is 0 Å². The van der Waals surface area contributed by atoms with E-state index in [9.17, 15) is 0 Å². The van der Waals surface area contributed by atoms with Crippen molar-refractivity contribution < 1.29 is 4.74 Å². The van der Waals surface area contributed by atoms with Crippen LogP contribution in [0.1, 0.15) is 72.1 Å². The molecule has 1 aliphatic rings. The van der Waals surface area contributed by atoms with Crippen LogP contribution in [0, 0.1) is 5.92 Å². The van der Waals surface area contributed by atoms with E-state index in [1.807, 2.05) is 7.11 Å². The summed E-state index contributed by atoms with van der Waals surface area (Å²) < 4.78 is 5.56. The highest BCUT2D eigenvalue weighted by atomic mass is 16.5. The molecule has 0 aromatic rings. The van der Waals surface area contributed by atoms with E-state index in [0.717, 1.165) is 12.0 Å². The van der Waals surface area contributed by atoms with E-state index >= 15 is 0 Å². The van der Waals surface area contributed by atoms with E-state index in [1.54, 1.807) is 0 Å². The molecular weight excluding hydrogens is 222 g/mol. The summed E-state index contributed by atoms with van der Waals surface area (Å²) >= 11 is 0. The first-order valence-electron chi connectivity index (χ1n) is 7.87. The fourth-order valence-electron chi connectivity index (χ4n) is 2.96.